The number of hydrogen-bond acceptors (Lipinski definition) is 2. The van der Waals surface area contributed by atoms with Crippen molar-refractivity contribution in [2.24, 2.45) is 0 Å². The molecule has 2 N–H and O–H groups in total. The van der Waals surface area contributed by atoms with Crippen LogP contribution in [0.1, 0.15) is 27.8 Å². The summed E-state index contributed by atoms with van der Waals surface area (Å²) in [6, 6.07) is 9.88. The van der Waals surface area contributed by atoms with Gasteiger partial charge in [0.2, 0.25) is 0 Å². The Labute approximate surface area is 115 Å². The van der Waals surface area contributed by atoms with Gasteiger partial charge >= 0.3 is 0 Å². The molecule has 19 heavy (non-hydrogen) atoms. The minimum absolute atomic E-state index is 0.311. The Balaban J connectivity index is 2.16. The molecule has 0 saturated carbocycles. The summed E-state index contributed by atoms with van der Waals surface area (Å²) in [6.45, 7) is 9.23. The molecule has 0 heterocycles. The second-order valence-corrected chi connectivity index (χ2v) is 5.22. The van der Waals surface area contributed by atoms with E-state index in [0.29, 0.717) is 5.75 Å². The van der Waals surface area contributed by atoms with E-state index in [9.17, 15) is 5.11 Å². The smallest absolute Gasteiger partial charge is 0.115 e. The van der Waals surface area contributed by atoms with Crippen molar-refractivity contribution in [2.75, 3.05) is 5.32 Å². The molecule has 0 amide bonds. The molecule has 2 nitrogen and oxygen atoms in total. The first-order valence-electron chi connectivity index (χ1n) is 6.57. The Morgan fingerprint density at radius 1 is 0.842 bits per heavy atom. The minimum Gasteiger partial charge on any atom is -0.508 e. The molecule has 0 aliphatic carbocycles. The van der Waals surface area contributed by atoms with Crippen LogP contribution in [-0.4, -0.2) is 5.11 Å². The molecule has 2 aromatic carbocycles. The summed E-state index contributed by atoms with van der Waals surface area (Å²) in [7, 11) is 0. The summed E-state index contributed by atoms with van der Waals surface area (Å²) in [5.41, 5.74) is 7.41. The third-order valence-corrected chi connectivity index (χ3v) is 3.63. The van der Waals surface area contributed by atoms with Crippen molar-refractivity contribution in [1.29, 1.82) is 0 Å². The van der Waals surface area contributed by atoms with Crippen molar-refractivity contribution in [2.45, 2.75) is 34.2 Å². The Bertz CT molecular complexity index is 602. The molecule has 0 radical (unpaired) electrons. The molecule has 0 spiro atoms. The predicted molar refractivity (Wildman–Crippen MR) is 80.8 cm³/mol. The van der Waals surface area contributed by atoms with Crippen molar-refractivity contribution < 1.29 is 5.11 Å². The molecule has 0 atom stereocenters. The van der Waals surface area contributed by atoms with Crippen molar-refractivity contribution in [3.05, 3.63) is 58.1 Å². The van der Waals surface area contributed by atoms with E-state index in [1.807, 2.05) is 13.0 Å². The highest BCUT2D eigenvalue weighted by Gasteiger charge is 2.03. The van der Waals surface area contributed by atoms with E-state index in [4.69, 9.17) is 0 Å². The highest BCUT2D eigenvalue weighted by molar-refractivity contribution is 5.54. The van der Waals surface area contributed by atoms with Gasteiger partial charge in [-0.15, -0.1) is 0 Å². The van der Waals surface area contributed by atoms with Crippen LogP contribution in [0.15, 0.2) is 30.3 Å². The molecule has 100 valence electrons. The van der Waals surface area contributed by atoms with Gasteiger partial charge in [0.05, 0.1) is 0 Å². The topological polar surface area (TPSA) is 32.3 Å². The third kappa shape index (κ3) is 3.08. The maximum atomic E-state index is 9.41. The number of benzene rings is 2. The van der Waals surface area contributed by atoms with E-state index in [1.54, 1.807) is 12.1 Å². The highest BCUT2D eigenvalue weighted by Crippen LogP contribution is 2.22. The molecule has 0 aliphatic heterocycles. The molecule has 0 saturated heterocycles. The van der Waals surface area contributed by atoms with E-state index in [0.717, 1.165) is 17.8 Å². The van der Waals surface area contributed by atoms with Crippen LogP contribution in [0.5, 0.6) is 5.75 Å². The van der Waals surface area contributed by atoms with Crippen molar-refractivity contribution in [3.8, 4) is 5.75 Å². The largest absolute Gasteiger partial charge is 0.508 e. The predicted octanol–water partition coefficient (Wildman–Crippen LogP) is 4.24. The van der Waals surface area contributed by atoms with Crippen LogP contribution in [0.3, 0.4) is 0 Å². The van der Waals surface area contributed by atoms with Crippen LogP contribution in [0.25, 0.3) is 0 Å². The first-order chi connectivity index (χ1) is 8.97. The summed E-state index contributed by atoms with van der Waals surface area (Å²) in [4.78, 5) is 0. The molecular formula is C17H21NO. The molecule has 2 rings (SSSR count). The summed E-state index contributed by atoms with van der Waals surface area (Å²) in [6.07, 6.45) is 0. The number of phenols is 1. The Kier molecular flexibility index (Phi) is 3.79. The van der Waals surface area contributed by atoms with Gasteiger partial charge in [-0.25, -0.2) is 0 Å². The van der Waals surface area contributed by atoms with Gasteiger partial charge in [-0.1, -0.05) is 12.1 Å². The fourth-order valence-electron chi connectivity index (χ4n) is 2.25. The van der Waals surface area contributed by atoms with Gasteiger partial charge in [0.15, 0.2) is 0 Å². The highest BCUT2D eigenvalue weighted by atomic mass is 16.3. The van der Waals surface area contributed by atoms with Crippen LogP contribution in [0.2, 0.25) is 0 Å². The normalized spacial score (nSPS) is 10.5. The van der Waals surface area contributed by atoms with Gasteiger partial charge in [-0.3, -0.25) is 0 Å². The Morgan fingerprint density at radius 3 is 2.21 bits per heavy atom. The van der Waals surface area contributed by atoms with Crippen LogP contribution in [-0.2, 0) is 6.54 Å². The van der Waals surface area contributed by atoms with Crippen LogP contribution in [0.4, 0.5) is 5.69 Å². The zero-order chi connectivity index (χ0) is 14.0. The summed E-state index contributed by atoms with van der Waals surface area (Å²) in [5.74, 6) is 0.311. The zero-order valence-electron chi connectivity index (χ0n) is 12.0. The van der Waals surface area contributed by atoms with E-state index < -0.39 is 0 Å². The number of aromatic hydroxyl groups is 1. The molecule has 0 aromatic heterocycles. The van der Waals surface area contributed by atoms with Crippen LogP contribution in [0, 0.1) is 27.7 Å². The van der Waals surface area contributed by atoms with Crippen molar-refractivity contribution in [3.63, 3.8) is 0 Å². The SMILES string of the molecule is Cc1cc(C)c(CNc2ccc(O)cc2C)cc1C. The number of phenolic OH excluding ortho intramolecular Hbond substituents is 1. The van der Waals surface area contributed by atoms with E-state index in [1.165, 1.54) is 22.3 Å². The molecule has 0 fully saturated rings. The second kappa shape index (κ2) is 5.35. The lowest BCUT2D eigenvalue weighted by atomic mass is 10.0. The Morgan fingerprint density at radius 2 is 1.53 bits per heavy atom. The average Bonchev–Trinajstić information content (AvgIpc) is 2.34. The van der Waals surface area contributed by atoms with Gasteiger partial charge in [0, 0.05) is 12.2 Å². The van der Waals surface area contributed by atoms with E-state index in [-0.39, 0.29) is 0 Å². The van der Waals surface area contributed by atoms with Gasteiger partial charge < -0.3 is 10.4 Å². The quantitative estimate of drug-likeness (QED) is 0.804. The zero-order valence-corrected chi connectivity index (χ0v) is 12.0. The van der Waals surface area contributed by atoms with Gasteiger partial charge in [-0.05, 0) is 73.7 Å². The van der Waals surface area contributed by atoms with Crippen molar-refractivity contribution >= 4 is 5.69 Å². The average molecular weight is 255 g/mol. The molecule has 0 aliphatic rings. The lowest BCUT2D eigenvalue weighted by Crippen LogP contribution is -2.03. The third-order valence-electron chi connectivity index (χ3n) is 3.63. The van der Waals surface area contributed by atoms with Gasteiger partial charge in [0.1, 0.15) is 5.75 Å². The van der Waals surface area contributed by atoms with Gasteiger partial charge in [-0.2, -0.15) is 0 Å². The fourth-order valence-corrected chi connectivity index (χ4v) is 2.25. The summed E-state index contributed by atoms with van der Waals surface area (Å²) >= 11 is 0. The maximum Gasteiger partial charge on any atom is 0.115 e. The van der Waals surface area contributed by atoms with Crippen molar-refractivity contribution in [1.82, 2.24) is 0 Å². The molecule has 0 unspecified atom stereocenters. The number of rotatable bonds is 3. The fraction of sp³-hybridized carbons (Fsp3) is 0.294. The first-order valence-corrected chi connectivity index (χ1v) is 6.57. The maximum absolute atomic E-state index is 9.41. The van der Waals surface area contributed by atoms with Crippen LogP contribution >= 0.6 is 0 Å². The van der Waals surface area contributed by atoms with Gasteiger partial charge in [0.25, 0.3) is 0 Å². The van der Waals surface area contributed by atoms with E-state index >= 15 is 0 Å². The van der Waals surface area contributed by atoms with Crippen LogP contribution < -0.4 is 5.32 Å². The lowest BCUT2D eigenvalue weighted by Gasteiger charge is -2.13. The minimum atomic E-state index is 0.311. The molecular weight excluding hydrogens is 234 g/mol. The number of nitrogens with one attached hydrogen (secondary N) is 1. The Hall–Kier alpha value is -1.96. The first kappa shape index (κ1) is 13.5. The molecule has 2 aromatic rings. The summed E-state index contributed by atoms with van der Waals surface area (Å²) in [5, 5.41) is 12.8. The standard InChI is InChI=1S/C17H21NO/c1-11-7-13(3)15(8-12(11)2)10-18-17-6-5-16(19)9-14(17)4/h5-9,18-19H,10H2,1-4H3. The molecule has 2 heteroatoms. The number of aryl methyl sites for hydroxylation is 4. The monoisotopic (exact) mass is 255 g/mol. The second-order valence-electron chi connectivity index (χ2n) is 5.22. The lowest BCUT2D eigenvalue weighted by molar-refractivity contribution is 0.475. The summed E-state index contributed by atoms with van der Waals surface area (Å²) < 4.78 is 0. The molecule has 0 bridgehead atoms. The number of anilines is 1. The van der Waals surface area contributed by atoms with E-state index in [2.05, 4.69) is 38.2 Å². The number of hydrogen-bond donors (Lipinski definition) is 2.